The Morgan fingerprint density at radius 1 is 1.10 bits per heavy atom. The van der Waals surface area contributed by atoms with E-state index in [1.807, 2.05) is 0 Å². The van der Waals surface area contributed by atoms with Crippen LogP contribution in [0.25, 0.3) is 0 Å². The number of hydrogen-bond donors (Lipinski definition) is 0. The van der Waals surface area contributed by atoms with Gasteiger partial charge in [-0.2, -0.15) is 0 Å². The van der Waals surface area contributed by atoms with Crippen molar-refractivity contribution in [3.63, 3.8) is 0 Å². The topological polar surface area (TPSA) is 63.7 Å². The molecule has 156 valence electrons. The van der Waals surface area contributed by atoms with Gasteiger partial charge in [-0.3, -0.25) is 0 Å². The number of likely N-dealkylation sites (tertiary alicyclic amines) is 1. The molecule has 2 aromatic carbocycles. The summed E-state index contributed by atoms with van der Waals surface area (Å²) >= 11 is 0. The molecule has 0 aromatic heterocycles. The van der Waals surface area contributed by atoms with Crippen LogP contribution in [-0.4, -0.2) is 51.3 Å². The van der Waals surface area contributed by atoms with E-state index in [0.717, 1.165) is 6.07 Å². The van der Waals surface area contributed by atoms with Crippen LogP contribution in [0.5, 0.6) is 0 Å². The smallest absolute Gasteiger partial charge is 0.337 e. The molecule has 29 heavy (non-hydrogen) atoms. The molecule has 1 heterocycles. The minimum Gasteiger partial charge on any atom is -0.465 e. The third-order valence-electron chi connectivity index (χ3n) is 5.29. The van der Waals surface area contributed by atoms with E-state index in [-0.39, 0.29) is 4.90 Å². The quantitative estimate of drug-likeness (QED) is 0.668. The van der Waals surface area contributed by atoms with E-state index in [1.54, 1.807) is 0 Å². The summed E-state index contributed by atoms with van der Waals surface area (Å²) in [5.41, 5.74) is 0.751. The van der Waals surface area contributed by atoms with Gasteiger partial charge < -0.3 is 9.64 Å². The average molecular weight is 423 g/mol. The van der Waals surface area contributed by atoms with E-state index in [9.17, 15) is 22.0 Å². The minimum atomic E-state index is -3.49. The summed E-state index contributed by atoms with van der Waals surface area (Å²) < 4.78 is 57.1. The van der Waals surface area contributed by atoms with Crippen molar-refractivity contribution in [3.05, 3.63) is 65.2 Å². The molecule has 0 radical (unpaired) electrons. The Morgan fingerprint density at radius 3 is 2.34 bits per heavy atom. The first kappa shape index (κ1) is 21.4. The average Bonchev–Trinajstić information content (AvgIpc) is 2.73. The number of halogens is 2. The predicted molar refractivity (Wildman–Crippen MR) is 104 cm³/mol. The molecule has 0 bridgehead atoms. The van der Waals surface area contributed by atoms with Gasteiger partial charge in [-0.25, -0.2) is 22.0 Å². The maximum Gasteiger partial charge on any atom is 0.337 e. The maximum atomic E-state index is 13.7. The van der Waals surface area contributed by atoms with Crippen molar-refractivity contribution in [3.8, 4) is 0 Å². The van der Waals surface area contributed by atoms with E-state index >= 15 is 0 Å². The molecule has 1 aliphatic rings. The fourth-order valence-electron chi connectivity index (χ4n) is 3.54. The van der Waals surface area contributed by atoms with Gasteiger partial charge in [0.1, 0.15) is 11.6 Å². The van der Waals surface area contributed by atoms with Crippen LogP contribution < -0.4 is 0 Å². The van der Waals surface area contributed by atoms with Crippen LogP contribution in [0.2, 0.25) is 0 Å². The molecule has 0 aliphatic carbocycles. The van der Waals surface area contributed by atoms with Gasteiger partial charge >= 0.3 is 5.97 Å². The molecule has 8 heteroatoms. The lowest BCUT2D eigenvalue weighted by molar-refractivity contribution is 0.0600. The number of methoxy groups -OCH3 is 1. The van der Waals surface area contributed by atoms with E-state index in [4.69, 9.17) is 0 Å². The number of esters is 1. The van der Waals surface area contributed by atoms with Crippen molar-refractivity contribution in [1.82, 2.24) is 4.90 Å². The summed E-state index contributed by atoms with van der Waals surface area (Å²) in [6, 6.07) is 9.33. The van der Waals surface area contributed by atoms with Gasteiger partial charge in [0.05, 0.1) is 22.8 Å². The van der Waals surface area contributed by atoms with Crippen LogP contribution in [0.3, 0.4) is 0 Å². The van der Waals surface area contributed by atoms with Crippen LogP contribution in [0, 0.1) is 11.6 Å². The van der Waals surface area contributed by atoms with E-state index in [2.05, 4.69) is 9.64 Å². The first-order valence-corrected chi connectivity index (χ1v) is 10.9. The Labute approximate surface area is 169 Å². The minimum absolute atomic E-state index is 0.192. The largest absolute Gasteiger partial charge is 0.465 e. The number of piperidine rings is 1. The highest BCUT2D eigenvalue weighted by Crippen LogP contribution is 2.25. The fourth-order valence-corrected chi connectivity index (χ4v) is 5.27. The number of hydrogen-bond acceptors (Lipinski definition) is 5. The van der Waals surface area contributed by atoms with Crippen molar-refractivity contribution in [1.29, 1.82) is 0 Å². The Morgan fingerprint density at radius 2 is 1.76 bits per heavy atom. The monoisotopic (exact) mass is 423 g/mol. The van der Waals surface area contributed by atoms with Crippen molar-refractivity contribution in [2.75, 3.05) is 26.7 Å². The van der Waals surface area contributed by atoms with Crippen LogP contribution in [0.1, 0.15) is 28.8 Å². The number of rotatable bonds is 6. The molecule has 0 atom stereocenters. The second-order valence-corrected chi connectivity index (χ2v) is 9.32. The Kier molecular flexibility index (Phi) is 6.64. The molecule has 1 aliphatic heterocycles. The van der Waals surface area contributed by atoms with Gasteiger partial charge in [0.25, 0.3) is 0 Å². The van der Waals surface area contributed by atoms with Gasteiger partial charge in [-0.05, 0) is 68.2 Å². The Balaban J connectivity index is 1.57. The van der Waals surface area contributed by atoms with Crippen molar-refractivity contribution in [2.45, 2.75) is 29.4 Å². The fraction of sp³-hybridized carbons (Fsp3) is 0.381. The van der Waals surface area contributed by atoms with Crippen molar-refractivity contribution in [2.24, 2.45) is 0 Å². The SMILES string of the molecule is COC(=O)c1ccc(S(=O)(=O)C2CCN(CCc3ccc(F)cc3F)CC2)cc1. The zero-order chi connectivity index (χ0) is 21.0. The van der Waals surface area contributed by atoms with Crippen molar-refractivity contribution < 1.29 is 26.7 Å². The molecule has 1 saturated heterocycles. The molecular formula is C21H23F2NO4S. The number of sulfone groups is 1. The third-order valence-corrected chi connectivity index (χ3v) is 7.57. The number of carbonyl (C=O) groups is 1. The van der Waals surface area contributed by atoms with E-state index in [1.165, 1.54) is 43.5 Å². The Bertz CT molecular complexity index is 969. The summed E-state index contributed by atoms with van der Waals surface area (Å²) in [6.07, 6.45) is 1.40. The van der Waals surface area contributed by atoms with E-state index in [0.29, 0.717) is 50.0 Å². The predicted octanol–water partition coefficient (Wildman–Crippen LogP) is 3.23. The van der Waals surface area contributed by atoms with Crippen molar-refractivity contribution >= 4 is 15.8 Å². The summed E-state index contributed by atoms with van der Waals surface area (Å²) in [5, 5.41) is -0.495. The third kappa shape index (κ3) is 5.00. The first-order chi connectivity index (χ1) is 13.8. The molecule has 5 nitrogen and oxygen atoms in total. The zero-order valence-corrected chi connectivity index (χ0v) is 16.9. The lowest BCUT2D eigenvalue weighted by Gasteiger charge is -2.31. The lowest BCUT2D eigenvalue weighted by Crippen LogP contribution is -2.40. The molecule has 2 aromatic rings. The summed E-state index contributed by atoms with van der Waals surface area (Å²) in [6.45, 7) is 1.77. The van der Waals surface area contributed by atoms with Crippen LogP contribution in [0.4, 0.5) is 8.78 Å². The maximum absolute atomic E-state index is 13.7. The highest BCUT2D eigenvalue weighted by molar-refractivity contribution is 7.92. The van der Waals surface area contributed by atoms with Gasteiger partial charge in [0.2, 0.25) is 0 Å². The second-order valence-electron chi connectivity index (χ2n) is 7.09. The molecule has 0 N–H and O–H groups in total. The molecule has 0 spiro atoms. The highest BCUT2D eigenvalue weighted by Gasteiger charge is 2.31. The number of nitrogens with zero attached hydrogens (tertiary/aromatic N) is 1. The molecule has 1 fully saturated rings. The standard InChI is InChI=1S/C21H23F2NO4S/c1-28-21(25)16-3-6-18(7-4-16)29(26,27)19-9-12-24(13-10-19)11-8-15-2-5-17(22)14-20(15)23/h2-7,14,19H,8-13H2,1H3. The molecule has 0 saturated carbocycles. The highest BCUT2D eigenvalue weighted by atomic mass is 32.2. The van der Waals surface area contributed by atoms with Crippen LogP contribution in [0.15, 0.2) is 47.4 Å². The lowest BCUT2D eigenvalue weighted by atomic mass is 10.1. The zero-order valence-electron chi connectivity index (χ0n) is 16.1. The Hall–Kier alpha value is -2.32. The summed E-state index contributed by atoms with van der Waals surface area (Å²) in [4.78, 5) is 13.8. The van der Waals surface area contributed by atoms with Gasteiger partial charge in [0.15, 0.2) is 9.84 Å². The number of benzene rings is 2. The van der Waals surface area contributed by atoms with Crippen LogP contribution >= 0.6 is 0 Å². The normalized spacial score (nSPS) is 16.0. The molecule has 3 rings (SSSR count). The van der Waals surface area contributed by atoms with Gasteiger partial charge in [0, 0.05) is 12.6 Å². The summed E-state index contributed by atoms with van der Waals surface area (Å²) in [7, 11) is -2.22. The number of ether oxygens (including phenoxy) is 1. The summed E-state index contributed by atoms with van der Waals surface area (Å²) in [5.74, 6) is -1.67. The molecular weight excluding hydrogens is 400 g/mol. The second kappa shape index (κ2) is 9.00. The van der Waals surface area contributed by atoms with Gasteiger partial charge in [-0.15, -0.1) is 0 Å². The van der Waals surface area contributed by atoms with E-state index < -0.39 is 32.7 Å². The molecule has 0 amide bonds. The molecule has 0 unspecified atom stereocenters. The van der Waals surface area contributed by atoms with Gasteiger partial charge in [-0.1, -0.05) is 6.07 Å². The number of carbonyl (C=O) groups excluding carboxylic acids is 1. The first-order valence-electron chi connectivity index (χ1n) is 9.40. The van der Waals surface area contributed by atoms with Crippen LogP contribution in [-0.2, 0) is 21.0 Å².